The third kappa shape index (κ3) is 2.80. The standard InChI is InChI=1S/C11H21NO/c1-8(2)10-5-12(6-10)7-11(13)9(3)4/h8-10H,5-7H2,1-4H3. The highest BCUT2D eigenvalue weighted by atomic mass is 16.1. The molecule has 76 valence electrons. The molecule has 0 atom stereocenters. The molecule has 1 aliphatic rings. The lowest BCUT2D eigenvalue weighted by molar-refractivity contribution is -0.125. The van der Waals surface area contributed by atoms with Crippen LogP contribution >= 0.6 is 0 Å². The van der Waals surface area contributed by atoms with Gasteiger partial charge in [0.25, 0.3) is 0 Å². The molecule has 0 aliphatic carbocycles. The fourth-order valence-electron chi connectivity index (χ4n) is 1.56. The molecular weight excluding hydrogens is 162 g/mol. The summed E-state index contributed by atoms with van der Waals surface area (Å²) >= 11 is 0. The second-order valence-corrected chi connectivity index (χ2v) is 4.82. The number of hydrogen-bond donors (Lipinski definition) is 0. The van der Waals surface area contributed by atoms with E-state index in [1.165, 1.54) is 0 Å². The minimum atomic E-state index is 0.193. The fraction of sp³-hybridized carbons (Fsp3) is 0.909. The molecule has 13 heavy (non-hydrogen) atoms. The summed E-state index contributed by atoms with van der Waals surface area (Å²) in [4.78, 5) is 13.6. The summed E-state index contributed by atoms with van der Waals surface area (Å²) in [5.41, 5.74) is 0. The van der Waals surface area contributed by atoms with E-state index in [2.05, 4.69) is 18.7 Å². The van der Waals surface area contributed by atoms with Crippen LogP contribution in [0.3, 0.4) is 0 Å². The van der Waals surface area contributed by atoms with Crippen molar-refractivity contribution in [2.24, 2.45) is 17.8 Å². The third-order valence-electron chi connectivity index (χ3n) is 2.95. The Morgan fingerprint density at radius 2 is 1.85 bits per heavy atom. The van der Waals surface area contributed by atoms with Crippen LogP contribution in [0.4, 0.5) is 0 Å². The lowest BCUT2D eigenvalue weighted by atomic mass is 9.88. The Hall–Kier alpha value is -0.370. The quantitative estimate of drug-likeness (QED) is 0.662. The van der Waals surface area contributed by atoms with Gasteiger partial charge in [0, 0.05) is 19.0 Å². The van der Waals surface area contributed by atoms with E-state index < -0.39 is 0 Å². The SMILES string of the molecule is CC(C)C(=O)CN1CC(C(C)C)C1. The number of nitrogens with zero attached hydrogens (tertiary/aromatic N) is 1. The van der Waals surface area contributed by atoms with Crippen molar-refractivity contribution in [2.75, 3.05) is 19.6 Å². The average Bonchev–Trinajstić information content (AvgIpc) is 1.94. The molecule has 0 bridgehead atoms. The van der Waals surface area contributed by atoms with Crippen molar-refractivity contribution in [3.8, 4) is 0 Å². The van der Waals surface area contributed by atoms with E-state index in [0.29, 0.717) is 12.3 Å². The van der Waals surface area contributed by atoms with Crippen LogP contribution in [0.5, 0.6) is 0 Å². The maximum atomic E-state index is 11.4. The van der Waals surface area contributed by atoms with Crippen molar-refractivity contribution in [1.82, 2.24) is 4.90 Å². The monoisotopic (exact) mass is 183 g/mol. The van der Waals surface area contributed by atoms with Gasteiger partial charge in [-0.1, -0.05) is 27.7 Å². The zero-order chi connectivity index (χ0) is 10.0. The van der Waals surface area contributed by atoms with Crippen molar-refractivity contribution in [1.29, 1.82) is 0 Å². The van der Waals surface area contributed by atoms with Crippen LogP contribution in [0.1, 0.15) is 27.7 Å². The van der Waals surface area contributed by atoms with Crippen LogP contribution in [-0.4, -0.2) is 30.3 Å². The molecule has 0 amide bonds. The van der Waals surface area contributed by atoms with Gasteiger partial charge in [0.15, 0.2) is 0 Å². The molecule has 0 aromatic rings. The lowest BCUT2D eigenvalue weighted by Crippen LogP contribution is -2.51. The number of likely N-dealkylation sites (tertiary alicyclic amines) is 1. The Morgan fingerprint density at radius 1 is 1.31 bits per heavy atom. The number of hydrogen-bond acceptors (Lipinski definition) is 2. The van der Waals surface area contributed by atoms with E-state index in [0.717, 1.165) is 24.9 Å². The second-order valence-electron chi connectivity index (χ2n) is 4.82. The summed E-state index contributed by atoms with van der Waals surface area (Å²) < 4.78 is 0. The molecular formula is C11H21NO. The molecule has 1 rings (SSSR count). The molecule has 0 radical (unpaired) electrons. The molecule has 1 heterocycles. The summed E-state index contributed by atoms with van der Waals surface area (Å²) in [6.07, 6.45) is 0. The zero-order valence-electron chi connectivity index (χ0n) is 9.21. The van der Waals surface area contributed by atoms with Gasteiger partial charge in [-0.15, -0.1) is 0 Å². The van der Waals surface area contributed by atoms with Gasteiger partial charge in [0.1, 0.15) is 5.78 Å². The van der Waals surface area contributed by atoms with E-state index >= 15 is 0 Å². The van der Waals surface area contributed by atoms with E-state index in [1.807, 2.05) is 13.8 Å². The van der Waals surface area contributed by atoms with Gasteiger partial charge in [0.05, 0.1) is 6.54 Å². The Balaban J connectivity index is 2.18. The van der Waals surface area contributed by atoms with Crippen molar-refractivity contribution >= 4 is 5.78 Å². The van der Waals surface area contributed by atoms with Crippen molar-refractivity contribution in [2.45, 2.75) is 27.7 Å². The Bertz CT molecular complexity index is 181. The predicted octanol–water partition coefficient (Wildman–Crippen LogP) is 1.80. The first-order valence-electron chi connectivity index (χ1n) is 5.25. The van der Waals surface area contributed by atoms with Gasteiger partial charge in [-0.3, -0.25) is 9.69 Å². The highest BCUT2D eigenvalue weighted by Crippen LogP contribution is 2.23. The normalized spacial score (nSPS) is 19.5. The van der Waals surface area contributed by atoms with Gasteiger partial charge in [-0.2, -0.15) is 0 Å². The zero-order valence-corrected chi connectivity index (χ0v) is 9.21. The Labute approximate surface area is 81.3 Å². The highest BCUT2D eigenvalue weighted by molar-refractivity contribution is 5.82. The molecule has 0 aromatic carbocycles. The molecule has 0 unspecified atom stereocenters. The Kier molecular flexibility index (Phi) is 3.48. The molecule has 0 N–H and O–H groups in total. The summed E-state index contributed by atoms with van der Waals surface area (Å²) in [6, 6.07) is 0. The highest BCUT2D eigenvalue weighted by Gasteiger charge is 2.30. The summed E-state index contributed by atoms with van der Waals surface area (Å²) in [5, 5.41) is 0. The van der Waals surface area contributed by atoms with Crippen LogP contribution in [0.2, 0.25) is 0 Å². The topological polar surface area (TPSA) is 20.3 Å². The summed E-state index contributed by atoms with van der Waals surface area (Å²) in [5.74, 6) is 2.16. The van der Waals surface area contributed by atoms with Gasteiger partial charge in [-0.05, 0) is 11.8 Å². The molecule has 2 heteroatoms. The number of carbonyl (C=O) groups is 1. The molecule has 1 saturated heterocycles. The lowest BCUT2D eigenvalue weighted by Gasteiger charge is -2.41. The van der Waals surface area contributed by atoms with E-state index in [1.54, 1.807) is 0 Å². The summed E-state index contributed by atoms with van der Waals surface area (Å²) in [6.45, 7) is 11.4. The molecule has 2 nitrogen and oxygen atoms in total. The maximum Gasteiger partial charge on any atom is 0.149 e. The van der Waals surface area contributed by atoms with E-state index in [-0.39, 0.29) is 5.92 Å². The van der Waals surface area contributed by atoms with Gasteiger partial charge < -0.3 is 0 Å². The van der Waals surface area contributed by atoms with Gasteiger partial charge in [0.2, 0.25) is 0 Å². The van der Waals surface area contributed by atoms with Gasteiger partial charge in [-0.25, -0.2) is 0 Å². The van der Waals surface area contributed by atoms with Crippen molar-refractivity contribution in [3.63, 3.8) is 0 Å². The van der Waals surface area contributed by atoms with E-state index in [4.69, 9.17) is 0 Å². The van der Waals surface area contributed by atoms with Crippen LogP contribution in [-0.2, 0) is 4.79 Å². The molecule has 0 spiro atoms. The molecule has 0 saturated carbocycles. The fourth-order valence-corrected chi connectivity index (χ4v) is 1.56. The van der Waals surface area contributed by atoms with Crippen LogP contribution in [0.25, 0.3) is 0 Å². The summed E-state index contributed by atoms with van der Waals surface area (Å²) in [7, 11) is 0. The molecule has 1 fully saturated rings. The minimum absolute atomic E-state index is 0.193. The largest absolute Gasteiger partial charge is 0.298 e. The predicted molar refractivity (Wildman–Crippen MR) is 54.6 cm³/mol. The number of rotatable bonds is 4. The first kappa shape index (κ1) is 10.7. The number of Topliss-reactive ketones (excluding diaryl/α,β-unsaturated/α-hetero) is 1. The van der Waals surface area contributed by atoms with Crippen molar-refractivity contribution < 1.29 is 4.79 Å². The van der Waals surface area contributed by atoms with Crippen molar-refractivity contribution in [3.05, 3.63) is 0 Å². The smallest absolute Gasteiger partial charge is 0.149 e. The third-order valence-corrected chi connectivity index (χ3v) is 2.95. The minimum Gasteiger partial charge on any atom is -0.298 e. The molecule has 0 aromatic heterocycles. The Morgan fingerprint density at radius 3 is 2.23 bits per heavy atom. The van der Waals surface area contributed by atoms with Gasteiger partial charge >= 0.3 is 0 Å². The first-order valence-corrected chi connectivity index (χ1v) is 5.25. The number of carbonyl (C=O) groups excluding carboxylic acids is 1. The first-order chi connectivity index (χ1) is 6.00. The van der Waals surface area contributed by atoms with Crippen LogP contribution in [0.15, 0.2) is 0 Å². The van der Waals surface area contributed by atoms with Crippen LogP contribution in [0, 0.1) is 17.8 Å². The maximum absolute atomic E-state index is 11.4. The van der Waals surface area contributed by atoms with Crippen LogP contribution < -0.4 is 0 Å². The molecule has 1 aliphatic heterocycles. The average molecular weight is 183 g/mol. The second kappa shape index (κ2) is 4.23. The number of ketones is 1. The van der Waals surface area contributed by atoms with E-state index in [9.17, 15) is 4.79 Å².